The highest BCUT2D eigenvalue weighted by Gasteiger charge is 2.34. The standard InChI is InChI=1S/C24H25FN2O/c1-16(2)13-24(4,14-18-9-6-5-7-10-18)23(28)27-21-15-26-22-19(17(21)3)11-8-12-20(22)25/h5-12,15H,1,13-14H2,2-4H3,(H,27,28). The third kappa shape index (κ3) is 4.11. The van der Waals surface area contributed by atoms with E-state index >= 15 is 0 Å². The number of fused-ring (bicyclic) bond motifs is 1. The molecule has 28 heavy (non-hydrogen) atoms. The third-order valence-corrected chi connectivity index (χ3v) is 5.04. The second kappa shape index (κ2) is 7.93. The summed E-state index contributed by atoms with van der Waals surface area (Å²) in [6, 6.07) is 14.8. The van der Waals surface area contributed by atoms with Gasteiger partial charge in [0.15, 0.2) is 0 Å². The number of halogens is 1. The van der Waals surface area contributed by atoms with E-state index in [1.165, 1.54) is 12.3 Å². The molecule has 1 amide bonds. The normalized spacial score (nSPS) is 13.1. The predicted molar refractivity (Wildman–Crippen MR) is 113 cm³/mol. The van der Waals surface area contributed by atoms with Gasteiger partial charge in [-0.15, -0.1) is 6.58 Å². The minimum atomic E-state index is -0.656. The van der Waals surface area contributed by atoms with E-state index < -0.39 is 5.41 Å². The number of carbonyl (C=O) groups excluding carboxylic acids is 1. The third-order valence-electron chi connectivity index (χ3n) is 5.04. The maximum Gasteiger partial charge on any atom is 0.231 e. The molecule has 0 aliphatic rings. The van der Waals surface area contributed by atoms with Crippen LogP contribution < -0.4 is 5.32 Å². The average molecular weight is 376 g/mol. The van der Waals surface area contributed by atoms with Gasteiger partial charge in [0.1, 0.15) is 11.3 Å². The second-order valence-electron chi connectivity index (χ2n) is 7.74. The molecular weight excluding hydrogens is 351 g/mol. The van der Waals surface area contributed by atoms with E-state index in [1.54, 1.807) is 6.07 Å². The van der Waals surface area contributed by atoms with Crippen LogP contribution in [0.5, 0.6) is 0 Å². The van der Waals surface area contributed by atoms with Gasteiger partial charge in [-0.25, -0.2) is 4.39 Å². The molecule has 0 aliphatic heterocycles. The number of nitrogens with zero attached hydrogens (tertiary/aromatic N) is 1. The van der Waals surface area contributed by atoms with Crippen LogP contribution in [0.2, 0.25) is 0 Å². The highest BCUT2D eigenvalue weighted by atomic mass is 19.1. The molecule has 4 heteroatoms. The van der Waals surface area contributed by atoms with Crippen molar-refractivity contribution in [3.63, 3.8) is 0 Å². The molecule has 144 valence electrons. The fourth-order valence-electron chi connectivity index (χ4n) is 3.65. The molecule has 2 aromatic carbocycles. The first-order chi connectivity index (χ1) is 13.3. The molecular formula is C24H25FN2O. The smallest absolute Gasteiger partial charge is 0.231 e. The molecule has 1 heterocycles. The molecule has 0 spiro atoms. The predicted octanol–water partition coefficient (Wildman–Crippen LogP) is 5.84. The number of amides is 1. The number of aryl methyl sites for hydroxylation is 1. The van der Waals surface area contributed by atoms with Crippen molar-refractivity contribution in [2.75, 3.05) is 5.32 Å². The van der Waals surface area contributed by atoms with Crippen molar-refractivity contribution in [3.8, 4) is 0 Å². The Kier molecular flexibility index (Phi) is 5.59. The van der Waals surface area contributed by atoms with Gasteiger partial charge >= 0.3 is 0 Å². The van der Waals surface area contributed by atoms with Gasteiger partial charge in [0, 0.05) is 5.39 Å². The molecule has 1 aromatic heterocycles. The zero-order valence-corrected chi connectivity index (χ0v) is 16.6. The quantitative estimate of drug-likeness (QED) is 0.550. The summed E-state index contributed by atoms with van der Waals surface area (Å²) in [5, 5.41) is 3.72. The first kappa shape index (κ1) is 19.7. The van der Waals surface area contributed by atoms with Crippen LogP contribution in [0.25, 0.3) is 10.9 Å². The maximum atomic E-state index is 14.0. The topological polar surface area (TPSA) is 42.0 Å². The summed E-state index contributed by atoms with van der Waals surface area (Å²) in [4.78, 5) is 17.5. The van der Waals surface area contributed by atoms with Gasteiger partial charge in [-0.05, 0) is 43.9 Å². The second-order valence-corrected chi connectivity index (χ2v) is 7.74. The SMILES string of the molecule is C=C(C)CC(C)(Cc1ccccc1)C(=O)Nc1cnc2c(F)cccc2c1C. The number of carbonyl (C=O) groups is 1. The van der Waals surface area contributed by atoms with Gasteiger partial charge in [-0.3, -0.25) is 9.78 Å². The summed E-state index contributed by atoms with van der Waals surface area (Å²) in [5.74, 6) is -0.463. The summed E-state index contributed by atoms with van der Waals surface area (Å²) in [5.41, 5.74) is 3.10. The van der Waals surface area contributed by atoms with E-state index in [-0.39, 0.29) is 11.7 Å². The summed E-state index contributed by atoms with van der Waals surface area (Å²) >= 11 is 0. The molecule has 3 nitrogen and oxygen atoms in total. The number of hydrogen-bond acceptors (Lipinski definition) is 2. The van der Waals surface area contributed by atoms with Crippen molar-refractivity contribution >= 4 is 22.5 Å². The van der Waals surface area contributed by atoms with E-state index in [0.29, 0.717) is 29.4 Å². The summed E-state index contributed by atoms with van der Waals surface area (Å²) in [6.45, 7) is 9.76. The van der Waals surface area contributed by atoms with Crippen molar-refractivity contribution in [2.45, 2.75) is 33.6 Å². The molecule has 0 radical (unpaired) electrons. The van der Waals surface area contributed by atoms with Gasteiger partial charge < -0.3 is 5.32 Å². The van der Waals surface area contributed by atoms with Crippen LogP contribution in [0, 0.1) is 18.2 Å². The number of benzene rings is 2. The first-order valence-electron chi connectivity index (χ1n) is 9.34. The number of nitrogens with one attached hydrogen (secondary N) is 1. The van der Waals surface area contributed by atoms with E-state index in [9.17, 15) is 9.18 Å². The zero-order valence-electron chi connectivity index (χ0n) is 16.6. The maximum absolute atomic E-state index is 14.0. The molecule has 1 atom stereocenters. The minimum absolute atomic E-state index is 0.0972. The van der Waals surface area contributed by atoms with Crippen molar-refractivity contribution in [1.82, 2.24) is 4.98 Å². The summed E-state index contributed by atoms with van der Waals surface area (Å²) in [6.07, 6.45) is 2.70. The lowest BCUT2D eigenvalue weighted by molar-refractivity contribution is -0.124. The Labute approximate surface area is 165 Å². The molecule has 0 fully saturated rings. The van der Waals surface area contributed by atoms with Crippen LogP contribution in [0.1, 0.15) is 31.4 Å². The van der Waals surface area contributed by atoms with Crippen LogP contribution in [0.4, 0.5) is 10.1 Å². The van der Waals surface area contributed by atoms with Crippen molar-refractivity contribution in [2.24, 2.45) is 5.41 Å². The number of para-hydroxylation sites is 1. The number of aromatic nitrogens is 1. The van der Waals surface area contributed by atoms with Crippen molar-refractivity contribution in [1.29, 1.82) is 0 Å². The fraction of sp³-hybridized carbons (Fsp3) is 0.250. The molecule has 1 N–H and O–H groups in total. The number of pyridine rings is 1. The molecule has 0 saturated carbocycles. The molecule has 0 saturated heterocycles. The van der Waals surface area contributed by atoms with E-state index in [0.717, 1.165) is 16.7 Å². The zero-order chi connectivity index (χ0) is 20.3. The lowest BCUT2D eigenvalue weighted by Gasteiger charge is -2.29. The van der Waals surface area contributed by atoms with Crippen LogP contribution in [0.3, 0.4) is 0 Å². The molecule has 1 unspecified atom stereocenters. The number of anilines is 1. The fourth-order valence-corrected chi connectivity index (χ4v) is 3.65. The minimum Gasteiger partial charge on any atom is -0.324 e. The van der Waals surface area contributed by atoms with Crippen LogP contribution in [0.15, 0.2) is 66.9 Å². The Balaban J connectivity index is 1.92. The summed E-state index contributed by atoms with van der Waals surface area (Å²) < 4.78 is 14.0. The van der Waals surface area contributed by atoms with Gasteiger partial charge in [0.25, 0.3) is 0 Å². The number of rotatable bonds is 6. The molecule has 3 rings (SSSR count). The highest BCUT2D eigenvalue weighted by molar-refractivity contribution is 5.98. The average Bonchev–Trinajstić information content (AvgIpc) is 2.64. The van der Waals surface area contributed by atoms with Gasteiger partial charge in [0.2, 0.25) is 5.91 Å². The number of hydrogen-bond donors (Lipinski definition) is 1. The Morgan fingerprint density at radius 3 is 2.57 bits per heavy atom. The Bertz CT molecular complexity index is 1030. The van der Waals surface area contributed by atoms with Gasteiger partial charge in [-0.1, -0.05) is 55.0 Å². The monoisotopic (exact) mass is 376 g/mol. The molecule has 0 bridgehead atoms. The number of allylic oxidation sites excluding steroid dienone is 1. The molecule has 0 aliphatic carbocycles. The van der Waals surface area contributed by atoms with Gasteiger partial charge in [-0.2, -0.15) is 0 Å². The Morgan fingerprint density at radius 1 is 1.18 bits per heavy atom. The largest absolute Gasteiger partial charge is 0.324 e. The van der Waals surface area contributed by atoms with E-state index in [4.69, 9.17) is 0 Å². The van der Waals surface area contributed by atoms with Crippen molar-refractivity contribution < 1.29 is 9.18 Å². The lowest BCUT2D eigenvalue weighted by Crippen LogP contribution is -2.36. The molecule has 3 aromatic rings. The van der Waals surface area contributed by atoms with Crippen LogP contribution >= 0.6 is 0 Å². The first-order valence-corrected chi connectivity index (χ1v) is 9.34. The summed E-state index contributed by atoms with van der Waals surface area (Å²) in [7, 11) is 0. The Morgan fingerprint density at radius 2 is 1.89 bits per heavy atom. The van der Waals surface area contributed by atoms with Gasteiger partial charge in [0.05, 0.1) is 17.3 Å². The van der Waals surface area contributed by atoms with Crippen molar-refractivity contribution in [3.05, 3.63) is 83.8 Å². The Hall–Kier alpha value is -3.01. The highest BCUT2D eigenvalue weighted by Crippen LogP contribution is 2.33. The lowest BCUT2D eigenvalue weighted by atomic mass is 9.77. The van der Waals surface area contributed by atoms with Crippen LogP contribution in [-0.2, 0) is 11.2 Å². The van der Waals surface area contributed by atoms with Crippen LogP contribution in [-0.4, -0.2) is 10.9 Å². The van der Waals surface area contributed by atoms with E-state index in [2.05, 4.69) is 16.9 Å². The van der Waals surface area contributed by atoms with E-state index in [1.807, 2.05) is 57.2 Å².